The highest BCUT2D eigenvalue weighted by Gasteiger charge is 2.13. The number of hydrogen-bond acceptors (Lipinski definition) is 9. The Bertz CT molecular complexity index is 1200. The molecule has 0 spiro atoms. The summed E-state index contributed by atoms with van der Waals surface area (Å²) >= 11 is 0. The molecule has 1 amide bonds. The van der Waals surface area contributed by atoms with Gasteiger partial charge in [0.2, 0.25) is 5.91 Å². The minimum Gasteiger partial charge on any atom is -0.490 e. The Balaban J connectivity index is 1.95. The van der Waals surface area contributed by atoms with Crippen LogP contribution in [0.3, 0.4) is 0 Å². The second kappa shape index (κ2) is 10.2. The van der Waals surface area contributed by atoms with Gasteiger partial charge in [-0.1, -0.05) is 6.07 Å². The number of carbonyl (C=O) groups excluding carboxylic acids is 1. The molecule has 11 heteroatoms. The van der Waals surface area contributed by atoms with Crippen molar-refractivity contribution in [3.05, 3.63) is 48.8 Å². The van der Waals surface area contributed by atoms with Gasteiger partial charge in [0.25, 0.3) is 0 Å². The number of ether oxygens (including phenoxy) is 2. The van der Waals surface area contributed by atoms with Gasteiger partial charge in [0.15, 0.2) is 14.9 Å². The molecule has 0 saturated carbocycles. The molecule has 3 rings (SSSR count). The highest BCUT2D eigenvalue weighted by atomic mass is 32.2. The van der Waals surface area contributed by atoms with Crippen LogP contribution < -0.4 is 15.4 Å². The highest BCUT2D eigenvalue weighted by molar-refractivity contribution is 7.90. The van der Waals surface area contributed by atoms with Crippen molar-refractivity contribution in [1.29, 1.82) is 0 Å². The predicted molar refractivity (Wildman–Crippen MR) is 120 cm³/mol. The van der Waals surface area contributed by atoms with Crippen LogP contribution in [-0.2, 0) is 19.4 Å². The van der Waals surface area contributed by atoms with Gasteiger partial charge in [-0.25, -0.2) is 18.4 Å². The summed E-state index contributed by atoms with van der Waals surface area (Å²) < 4.78 is 34.2. The van der Waals surface area contributed by atoms with Gasteiger partial charge >= 0.3 is 0 Å². The van der Waals surface area contributed by atoms with Gasteiger partial charge in [0.05, 0.1) is 24.2 Å². The molecule has 0 aliphatic rings. The van der Waals surface area contributed by atoms with Crippen LogP contribution in [0.5, 0.6) is 5.75 Å². The van der Waals surface area contributed by atoms with E-state index in [0.717, 1.165) is 6.26 Å². The van der Waals surface area contributed by atoms with E-state index in [4.69, 9.17) is 9.47 Å². The summed E-state index contributed by atoms with van der Waals surface area (Å²) in [5.74, 6) is 0.950. The van der Waals surface area contributed by atoms with Gasteiger partial charge in [-0.05, 0) is 24.3 Å². The number of methoxy groups -OCH3 is 1. The topological polar surface area (TPSA) is 132 Å². The van der Waals surface area contributed by atoms with E-state index in [1.165, 1.54) is 13.0 Å². The average Bonchev–Trinajstić information content (AvgIpc) is 2.74. The molecule has 0 aromatic carbocycles. The first-order valence-electron chi connectivity index (χ1n) is 9.56. The third-order valence-corrected chi connectivity index (χ3v) is 5.13. The molecule has 3 aromatic rings. The summed E-state index contributed by atoms with van der Waals surface area (Å²) in [5, 5.41) is 5.66. The van der Waals surface area contributed by atoms with Gasteiger partial charge < -0.3 is 20.1 Å². The van der Waals surface area contributed by atoms with Crippen molar-refractivity contribution in [2.75, 3.05) is 37.2 Å². The number of nitrogens with zero attached hydrogens (tertiary/aromatic N) is 3. The summed E-state index contributed by atoms with van der Waals surface area (Å²) in [6.07, 6.45) is 4.23. The Morgan fingerprint density at radius 1 is 1.06 bits per heavy atom. The van der Waals surface area contributed by atoms with Crippen LogP contribution >= 0.6 is 0 Å². The molecule has 0 unspecified atom stereocenters. The molecule has 0 bridgehead atoms. The second-order valence-corrected chi connectivity index (χ2v) is 8.74. The summed E-state index contributed by atoms with van der Waals surface area (Å²) in [7, 11) is -1.88. The van der Waals surface area contributed by atoms with E-state index in [2.05, 4.69) is 25.6 Å². The van der Waals surface area contributed by atoms with E-state index in [1.54, 1.807) is 49.8 Å². The maximum atomic E-state index is 11.9. The number of carbonyl (C=O) groups is 1. The van der Waals surface area contributed by atoms with Crippen molar-refractivity contribution in [2.24, 2.45) is 0 Å². The first kappa shape index (κ1) is 23.1. The Morgan fingerprint density at radius 3 is 2.53 bits per heavy atom. The minimum atomic E-state index is -3.47. The lowest BCUT2D eigenvalue weighted by molar-refractivity contribution is -0.114. The van der Waals surface area contributed by atoms with Gasteiger partial charge in [0, 0.05) is 38.1 Å². The third kappa shape index (κ3) is 6.22. The van der Waals surface area contributed by atoms with Crippen molar-refractivity contribution in [2.45, 2.75) is 11.9 Å². The molecule has 0 aliphatic carbocycles. The number of nitrogens with one attached hydrogen (secondary N) is 2. The molecule has 32 heavy (non-hydrogen) atoms. The first-order valence-corrected chi connectivity index (χ1v) is 11.5. The zero-order chi connectivity index (χ0) is 23.1. The quantitative estimate of drug-likeness (QED) is 0.465. The molecule has 0 saturated heterocycles. The van der Waals surface area contributed by atoms with E-state index < -0.39 is 9.84 Å². The molecule has 0 fully saturated rings. The lowest BCUT2D eigenvalue weighted by Gasteiger charge is -2.14. The number of hydrogen-bond donors (Lipinski definition) is 2. The fourth-order valence-electron chi connectivity index (χ4n) is 2.71. The fraction of sp³-hybridized carbons (Fsp3) is 0.238. The molecule has 10 nitrogen and oxygen atoms in total. The molecule has 3 aromatic heterocycles. The smallest absolute Gasteiger partial charge is 0.222 e. The van der Waals surface area contributed by atoms with Crippen LogP contribution in [-0.4, -0.2) is 55.9 Å². The molecule has 2 N–H and O–H groups in total. The molecular weight excluding hydrogens is 434 g/mol. The molecular formula is C21H23N5O5S. The standard InChI is InChI=1S/C21H23N5O5S/c1-14(27)24-20-11-18(25-19-5-4-6-21(26-19)32(3,28)29)16(13-23-20)17-8-7-15(12-22-17)31-10-9-30-2/h4-8,11-13H,9-10H2,1-3H3,(H2,23,24,25,26,27). The van der Waals surface area contributed by atoms with Gasteiger partial charge in [-0.15, -0.1) is 0 Å². The fourth-order valence-corrected chi connectivity index (χ4v) is 3.30. The van der Waals surface area contributed by atoms with Crippen molar-refractivity contribution in [1.82, 2.24) is 15.0 Å². The van der Waals surface area contributed by atoms with Crippen LogP contribution in [0.25, 0.3) is 11.3 Å². The SMILES string of the molecule is COCCOc1ccc(-c2cnc(NC(C)=O)cc2Nc2cccc(S(C)(=O)=O)n2)nc1. The van der Waals surface area contributed by atoms with Gasteiger partial charge in [-0.3, -0.25) is 9.78 Å². The van der Waals surface area contributed by atoms with E-state index in [9.17, 15) is 13.2 Å². The maximum absolute atomic E-state index is 11.9. The van der Waals surface area contributed by atoms with Crippen molar-refractivity contribution < 1.29 is 22.7 Å². The van der Waals surface area contributed by atoms with E-state index in [-0.39, 0.29) is 10.9 Å². The lowest BCUT2D eigenvalue weighted by Crippen LogP contribution is -2.09. The second-order valence-electron chi connectivity index (χ2n) is 6.77. The van der Waals surface area contributed by atoms with E-state index in [0.29, 0.717) is 47.5 Å². The zero-order valence-corrected chi connectivity index (χ0v) is 18.6. The van der Waals surface area contributed by atoms with Gasteiger partial charge in [0.1, 0.15) is 24.0 Å². The number of sulfone groups is 1. The van der Waals surface area contributed by atoms with Crippen LogP contribution in [0.4, 0.5) is 17.3 Å². The van der Waals surface area contributed by atoms with Crippen molar-refractivity contribution >= 4 is 33.1 Å². The maximum Gasteiger partial charge on any atom is 0.222 e. The average molecular weight is 458 g/mol. The van der Waals surface area contributed by atoms with Crippen molar-refractivity contribution in [3.8, 4) is 17.0 Å². The Labute approximate surface area is 186 Å². The Hall–Kier alpha value is -3.57. The van der Waals surface area contributed by atoms with Crippen LogP contribution in [0.1, 0.15) is 6.92 Å². The van der Waals surface area contributed by atoms with Crippen LogP contribution in [0, 0.1) is 0 Å². The molecule has 0 radical (unpaired) electrons. The van der Waals surface area contributed by atoms with Crippen molar-refractivity contribution in [3.63, 3.8) is 0 Å². The largest absolute Gasteiger partial charge is 0.490 e. The number of rotatable bonds is 9. The molecule has 0 aliphatic heterocycles. The lowest BCUT2D eigenvalue weighted by atomic mass is 10.1. The summed E-state index contributed by atoms with van der Waals surface area (Å²) in [5.41, 5.74) is 1.74. The number of amides is 1. The molecule has 168 valence electrons. The Morgan fingerprint density at radius 2 is 1.88 bits per heavy atom. The van der Waals surface area contributed by atoms with Crippen LogP contribution in [0.2, 0.25) is 0 Å². The normalized spacial score (nSPS) is 11.1. The number of pyridine rings is 3. The molecule has 3 heterocycles. The zero-order valence-electron chi connectivity index (χ0n) is 17.8. The summed E-state index contributed by atoms with van der Waals surface area (Å²) in [4.78, 5) is 24.3. The van der Waals surface area contributed by atoms with E-state index >= 15 is 0 Å². The monoisotopic (exact) mass is 457 g/mol. The van der Waals surface area contributed by atoms with Gasteiger partial charge in [-0.2, -0.15) is 0 Å². The predicted octanol–water partition coefficient (Wildman–Crippen LogP) is 2.67. The summed E-state index contributed by atoms with van der Waals surface area (Å²) in [6, 6.07) is 9.80. The van der Waals surface area contributed by atoms with Crippen LogP contribution in [0.15, 0.2) is 53.8 Å². The number of anilines is 3. The summed E-state index contributed by atoms with van der Waals surface area (Å²) in [6.45, 7) is 2.24. The Kier molecular flexibility index (Phi) is 7.33. The minimum absolute atomic E-state index is 0.0594. The highest BCUT2D eigenvalue weighted by Crippen LogP contribution is 2.31. The third-order valence-electron chi connectivity index (χ3n) is 4.14. The number of aromatic nitrogens is 3. The molecule has 0 atom stereocenters. The van der Waals surface area contributed by atoms with E-state index in [1.807, 2.05) is 0 Å². The first-order chi connectivity index (χ1) is 15.3.